The molecule has 0 spiro atoms. The van der Waals surface area contributed by atoms with Gasteiger partial charge in [0.15, 0.2) is 17.5 Å². The summed E-state index contributed by atoms with van der Waals surface area (Å²) in [4.78, 5) is 11.8. The molecule has 0 aliphatic heterocycles. The Balaban J connectivity index is 1.90. The van der Waals surface area contributed by atoms with E-state index >= 15 is 0 Å². The van der Waals surface area contributed by atoms with E-state index in [1.165, 1.54) is 0 Å². The van der Waals surface area contributed by atoms with Crippen molar-refractivity contribution in [1.29, 1.82) is 0 Å². The Morgan fingerprint density at radius 2 is 1.71 bits per heavy atom. The topological polar surface area (TPSA) is 61.4 Å². The maximum absolute atomic E-state index is 13.1. The molecule has 0 fully saturated rings. The summed E-state index contributed by atoms with van der Waals surface area (Å²) in [6.45, 7) is 1.68. The van der Waals surface area contributed by atoms with Crippen molar-refractivity contribution in [2.24, 2.45) is 0 Å². The van der Waals surface area contributed by atoms with Crippen molar-refractivity contribution in [1.82, 2.24) is 5.32 Å². The van der Waals surface area contributed by atoms with Crippen LogP contribution in [0.15, 0.2) is 42.5 Å². The van der Waals surface area contributed by atoms with Crippen LogP contribution < -0.4 is 10.6 Å². The summed E-state index contributed by atoms with van der Waals surface area (Å²) in [6.07, 6.45) is -0.508. The van der Waals surface area contributed by atoms with E-state index in [2.05, 4.69) is 10.6 Å². The molecule has 0 radical (unpaired) electrons. The smallest absolute Gasteiger partial charge is 0.319 e. The van der Waals surface area contributed by atoms with Crippen LogP contribution in [-0.4, -0.2) is 17.2 Å². The van der Waals surface area contributed by atoms with Gasteiger partial charge in [-0.3, -0.25) is 0 Å². The molecular weight excluding hydrogens is 321 g/mol. The lowest BCUT2D eigenvalue weighted by Crippen LogP contribution is -2.37. The third kappa shape index (κ3) is 4.73. The zero-order valence-corrected chi connectivity index (χ0v) is 12.9. The van der Waals surface area contributed by atoms with Crippen molar-refractivity contribution >= 4 is 11.7 Å². The molecule has 0 saturated heterocycles. The summed E-state index contributed by atoms with van der Waals surface area (Å²) in [6, 6.07) is 9.18. The van der Waals surface area contributed by atoms with Crippen LogP contribution in [0.3, 0.4) is 0 Å². The molecule has 2 atom stereocenters. The molecule has 0 heterocycles. The van der Waals surface area contributed by atoms with E-state index in [1.807, 2.05) is 6.07 Å². The average molecular weight is 338 g/mol. The Hall–Kier alpha value is -2.54. The van der Waals surface area contributed by atoms with E-state index < -0.39 is 35.6 Å². The Kier molecular flexibility index (Phi) is 5.81. The van der Waals surface area contributed by atoms with Gasteiger partial charge in [0.2, 0.25) is 0 Å². The van der Waals surface area contributed by atoms with Gasteiger partial charge in [0.25, 0.3) is 0 Å². The standard InChI is InChI=1S/C17H17F3N2O2/c1-10(7-15(23)11-5-3-2-4-6-11)21-17(24)22-12-8-13(18)16(20)14(19)9-12/h2-6,8-10,15,23H,7H2,1H3,(H2,21,22,24). The maximum Gasteiger partial charge on any atom is 0.319 e. The largest absolute Gasteiger partial charge is 0.388 e. The third-order valence-corrected chi connectivity index (χ3v) is 3.38. The van der Waals surface area contributed by atoms with Crippen molar-refractivity contribution in [3.8, 4) is 0 Å². The minimum atomic E-state index is -1.60. The molecule has 0 aromatic heterocycles. The number of nitrogens with one attached hydrogen (secondary N) is 2. The Labute approximate surface area is 137 Å². The van der Waals surface area contributed by atoms with Gasteiger partial charge in [-0.25, -0.2) is 18.0 Å². The number of hydrogen-bond acceptors (Lipinski definition) is 2. The number of carbonyl (C=O) groups excluding carboxylic acids is 1. The minimum Gasteiger partial charge on any atom is -0.388 e. The quantitative estimate of drug-likeness (QED) is 0.728. The monoisotopic (exact) mass is 338 g/mol. The summed E-state index contributed by atoms with van der Waals surface area (Å²) >= 11 is 0. The van der Waals surface area contributed by atoms with Gasteiger partial charge in [-0.1, -0.05) is 30.3 Å². The first-order valence-corrected chi connectivity index (χ1v) is 7.32. The number of benzene rings is 2. The highest BCUT2D eigenvalue weighted by Crippen LogP contribution is 2.19. The fourth-order valence-electron chi connectivity index (χ4n) is 2.22. The summed E-state index contributed by atoms with van der Waals surface area (Å²) in [5.74, 6) is -4.38. The summed E-state index contributed by atoms with van der Waals surface area (Å²) in [5.41, 5.74) is 0.508. The van der Waals surface area contributed by atoms with Crippen LogP contribution >= 0.6 is 0 Å². The number of anilines is 1. The van der Waals surface area contributed by atoms with Crippen LogP contribution in [-0.2, 0) is 0 Å². The SMILES string of the molecule is CC(CC(O)c1ccccc1)NC(=O)Nc1cc(F)c(F)c(F)c1. The number of halogens is 3. The first-order valence-electron chi connectivity index (χ1n) is 7.32. The Morgan fingerprint density at radius 1 is 1.12 bits per heavy atom. The molecular formula is C17H17F3N2O2. The molecule has 7 heteroatoms. The number of urea groups is 1. The zero-order chi connectivity index (χ0) is 17.7. The fourth-order valence-corrected chi connectivity index (χ4v) is 2.22. The van der Waals surface area contributed by atoms with Crippen molar-refractivity contribution < 1.29 is 23.1 Å². The summed E-state index contributed by atoms with van der Waals surface area (Å²) in [7, 11) is 0. The van der Waals surface area contributed by atoms with Crippen molar-refractivity contribution in [3.05, 3.63) is 65.5 Å². The minimum absolute atomic E-state index is 0.209. The van der Waals surface area contributed by atoms with Crippen LogP contribution in [0.4, 0.5) is 23.7 Å². The van der Waals surface area contributed by atoms with E-state index in [9.17, 15) is 23.1 Å². The number of rotatable bonds is 5. The zero-order valence-electron chi connectivity index (χ0n) is 12.9. The highest BCUT2D eigenvalue weighted by atomic mass is 19.2. The molecule has 2 aromatic rings. The Bertz CT molecular complexity index is 687. The fraction of sp³-hybridized carbons (Fsp3) is 0.235. The molecule has 128 valence electrons. The second-order valence-corrected chi connectivity index (χ2v) is 5.42. The highest BCUT2D eigenvalue weighted by Gasteiger charge is 2.16. The summed E-state index contributed by atoms with van der Waals surface area (Å²) in [5, 5.41) is 14.8. The second kappa shape index (κ2) is 7.83. The van der Waals surface area contributed by atoms with Crippen LogP contribution in [0.2, 0.25) is 0 Å². The molecule has 0 saturated carbocycles. The molecule has 2 amide bonds. The van der Waals surface area contributed by atoms with E-state index in [0.717, 1.165) is 0 Å². The lowest BCUT2D eigenvalue weighted by molar-refractivity contribution is 0.155. The van der Waals surface area contributed by atoms with E-state index in [-0.39, 0.29) is 12.1 Å². The third-order valence-electron chi connectivity index (χ3n) is 3.38. The van der Waals surface area contributed by atoms with Gasteiger partial charge in [0, 0.05) is 23.9 Å². The number of hydrogen-bond donors (Lipinski definition) is 3. The lowest BCUT2D eigenvalue weighted by Gasteiger charge is -2.18. The first-order chi connectivity index (χ1) is 11.4. The van der Waals surface area contributed by atoms with Gasteiger partial charge in [-0.05, 0) is 18.9 Å². The van der Waals surface area contributed by atoms with Crippen molar-refractivity contribution in [2.45, 2.75) is 25.5 Å². The van der Waals surface area contributed by atoms with E-state index in [0.29, 0.717) is 17.7 Å². The first kappa shape index (κ1) is 17.8. The van der Waals surface area contributed by atoms with Gasteiger partial charge in [-0.15, -0.1) is 0 Å². The molecule has 3 N–H and O–H groups in total. The van der Waals surface area contributed by atoms with Crippen molar-refractivity contribution in [2.75, 3.05) is 5.32 Å². The normalized spacial score (nSPS) is 13.2. The van der Waals surface area contributed by atoms with Gasteiger partial charge in [-0.2, -0.15) is 0 Å². The summed E-state index contributed by atoms with van der Waals surface area (Å²) < 4.78 is 39.0. The number of aliphatic hydroxyl groups excluding tert-OH is 1. The molecule has 0 aliphatic carbocycles. The predicted molar refractivity (Wildman–Crippen MR) is 84.0 cm³/mol. The van der Waals surface area contributed by atoms with Crippen LogP contribution in [0.1, 0.15) is 25.0 Å². The molecule has 24 heavy (non-hydrogen) atoms. The van der Waals surface area contributed by atoms with Gasteiger partial charge in [0.1, 0.15) is 0 Å². The van der Waals surface area contributed by atoms with Crippen LogP contribution in [0.5, 0.6) is 0 Å². The van der Waals surface area contributed by atoms with E-state index in [4.69, 9.17) is 0 Å². The molecule has 0 aliphatic rings. The van der Waals surface area contributed by atoms with Gasteiger partial charge >= 0.3 is 6.03 Å². The highest BCUT2D eigenvalue weighted by molar-refractivity contribution is 5.89. The molecule has 2 rings (SSSR count). The predicted octanol–water partition coefficient (Wildman–Crippen LogP) is 3.74. The number of carbonyl (C=O) groups is 1. The molecule has 0 bridgehead atoms. The number of aliphatic hydroxyl groups is 1. The van der Waals surface area contributed by atoms with Crippen molar-refractivity contribution in [3.63, 3.8) is 0 Å². The van der Waals surface area contributed by atoms with Gasteiger partial charge < -0.3 is 15.7 Å². The average Bonchev–Trinajstić information content (AvgIpc) is 2.53. The maximum atomic E-state index is 13.1. The molecule has 4 nitrogen and oxygen atoms in total. The second-order valence-electron chi connectivity index (χ2n) is 5.42. The van der Waals surface area contributed by atoms with Crippen LogP contribution in [0.25, 0.3) is 0 Å². The van der Waals surface area contributed by atoms with Gasteiger partial charge in [0.05, 0.1) is 6.10 Å². The molecule has 2 aromatic carbocycles. The lowest BCUT2D eigenvalue weighted by atomic mass is 10.0. The molecule has 2 unspecified atom stereocenters. The number of amides is 2. The van der Waals surface area contributed by atoms with Crippen LogP contribution in [0, 0.1) is 17.5 Å². The Morgan fingerprint density at radius 3 is 2.29 bits per heavy atom. The van der Waals surface area contributed by atoms with E-state index in [1.54, 1.807) is 31.2 Å².